The van der Waals surface area contributed by atoms with Crippen LogP contribution in [-0.2, 0) is 9.59 Å². The SMILES string of the molecule is Cc1ccccc1[C@@H](C(=O)NC1(C(N)=O)CCCC1)N(C)C. The average Bonchev–Trinajstić information content (AvgIpc) is 2.90. The van der Waals surface area contributed by atoms with Crippen LogP contribution in [0.2, 0.25) is 0 Å². The molecule has 0 unspecified atom stereocenters. The summed E-state index contributed by atoms with van der Waals surface area (Å²) >= 11 is 0. The van der Waals surface area contributed by atoms with Crippen LogP contribution >= 0.6 is 0 Å². The first kappa shape index (κ1) is 16.5. The Morgan fingerprint density at radius 3 is 2.32 bits per heavy atom. The summed E-state index contributed by atoms with van der Waals surface area (Å²) in [4.78, 5) is 26.6. The summed E-state index contributed by atoms with van der Waals surface area (Å²) in [6.45, 7) is 1.98. The molecule has 0 radical (unpaired) electrons. The largest absolute Gasteiger partial charge is 0.368 e. The topological polar surface area (TPSA) is 75.4 Å². The maximum absolute atomic E-state index is 12.8. The number of likely N-dealkylation sites (N-methyl/N-ethyl adjacent to an activating group) is 1. The standard InChI is InChI=1S/C17H25N3O2/c1-12-8-4-5-9-13(12)14(20(2)3)15(21)19-17(16(18)22)10-6-7-11-17/h4-5,8-9,14H,6-7,10-11H2,1-3H3,(H2,18,22)(H,19,21)/t14-/m0/s1. The third-order valence-corrected chi connectivity index (χ3v) is 4.54. The van der Waals surface area contributed by atoms with E-state index in [0.717, 1.165) is 24.0 Å². The summed E-state index contributed by atoms with van der Waals surface area (Å²) in [5, 5.41) is 2.94. The number of rotatable bonds is 5. The zero-order valence-corrected chi connectivity index (χ0v) is 13.6. The lowest BCUT2D eigenvalue weighted by atomic mass is 9.94. The lowest BCUT2D eigenvalue weighted by Crippen LogP contribution is -2.57. The second-order valence-electron chi connectivity index (χ2n) is 6.37. The van der Waals surface area contributed by atoms with Gasteiger partial charge < -0.3 is 11.1 Å². The van der Waals surface area contributed by atoms with E-state index in [1.165, 1.54) is 0 Å². The molecule has 3 N–H and O–H groups in total. The minimum absolute atomic E-state index is 0.167. The smallest absolute Gasteiger partial charge is 0.243 e. The molecule has 0 aromatic heterocycles. The van der Waals surface area contributed by atoms with Crippen LogP contribution in [0.3, 0.4) is 0 Å². The average molecular weight is 303 g/mol. The molecule has 1 fully saturated rings. The Bertz CT molecular complexity index is 563. The van der Waals surface area contributed by atoms with Crippen molar-refractivity contribution in [3.8, 4) is 0 Å². The summed E-state index contributed by atoms with van der Waals surface area (Å²) in [7, 11) is 3.73. The molecule has 0 aliphatic heterocycles. The van der Waals surface area contributed by atoms with E-state index in [1.807, 2.05) is 50.2 Å². The molecule has 0 bridgehead atoms. The van der Waals surface area contributed by atoms with Crippen molar-refractivity contribution < 1.29 is 9.59 Å². The monoisotopic (exact) mass is 303 g/mol. The van der Waals surface area contributed by atoms with Crippen molar-refractivity contribution in [1.29, 1.82) is 0 Å². The van der Waals surface area contributed by atoms with Gasteiger partial charge in [0.25, 0.3) is 0 Å². The summed E-state index contributed by atoms with van der Waals surface area (Å²) in [5.74, 6) is -0.597. The van der Waals surface area contributed by atoms with E-state index in [2.05, 4.69) is 5.32 Å². The minimum atomic E-state index is -0.881. The minimum Gasteiger partial charge on any atom is -0.368 e. The van der Waals surface area contributed by atoms with Crippen LogP contribution < -0.4 is 11.1 Å². The lowest BCUT2D eigenvalue weighted by Gasteiger charge is -2.32. The molecule has 1 aromatic carbocycles. The third-order valence-electron chi connectivity index (χ3n) is 4.54. The fraction of sp³-hybridized carbons (Fsp3) is 0.529. The summed E-state index contributed by atoms with van der Waals surface area (Å²) < 4.78 is 0. The molecule has 120 valence electrons. The molecule has 1 saturated carbocycles. The Labute approximate surface area is 131 Å². The van der Waals surface area contributed by atoms with Crippen molar-refractivity contribution in [3.63, 3.8) is 0 Å². The molecule has 1 atom stereocenters. The third kappa shape index (κ3) is 3.14. The van der Waals surface area contributed by atoms with Gasteiger partial charge in [0.15, 0.2) is 0 Å². The van der Waals surface area contributed by atoms with E-state index < -0.39 is 17.5 Å². The molecular weight excluding hydrogens is 278 g/mol. The Morgan fingerprint density at radius 1 is 1.23 bits per heavy atom. The second kappa shape index (κ2) is 6.48. The van der Waals surface area contributed by atoms with E-state index in [1.54, 1.807) is 0 Å². The number of carbonyl (C=O) groups excluding carboxylic acids is 2. The van der Waals surface area contributed by atoms with E-state index in [9.17, 15) is 9.59 Å². The summed E-state index contributed by atoms with van der Waals surface area (Å²) in [6, 6.07) is 7.37. The molecule has 22 heavy (non-hydrogen) atoms. The number of aryl methyl sites for hydroxylation is 1. The van der Waals surface area contributed by atoms with Crippen molar-refractivity contribution in [2.24, 2.45) is 5.73 Å². The maximum Gasteiger partial charge on any atom is 0.243 e. The van der Waals surface area contributed by atoms with Gasteiger partial charge in [-0.05, 0) is 45.0 Å². The number of hydrogen-bond acceptors (Lipinski definition) is 3. The molecule has 1 aromatic rings. The molecule has 5 heteroatoms. The highest BCUT2D eigenvalue weighted by Crippen LogP contribution is 2.31. The van der Waals surface area contributed by atoms with E-state index in [0.29, 0.717) is 12.8 Å². The summed E-state index contributed by atoms with van der Waals surface area (Å²) in [5.41, 5.74) is 6.68. The normalized spacial score (nSPS) is 18.2. The van der Waals surface area contributed by atoms with Gasteiger partial charge in [-0.15, -0.1) is 0 Å². The Hall–Kier alpha value is -1.88. The number of benzene rings is 1. The van der Waals surface area contributed by atoms with Crippen molar-refractivity contribution >= 4 is 11.8 Å². The van der Waals surface area contributed by atoms with Gasteiger partial charge in [0.2, 0.25) is 11.8 Å². The zero-order chi connectivity index (χ0) is 16.3. The van der Waals surface area contributed by atoms with Gasteiger partial charge in [-0.1, -0.05) is 37.1 Å². The van der Waals surface area contributed by atoms with E-state index >= 15 is 0 Å². The zero-order valence-electron chi connectivity index (χ0n) is 13.6. The fourth-order valence-corrected chi connectivity index (χ4v) is 3.26. The van der Waals surface area contributed by atoms with Gasteiger partial charge in [0, 0.05) is 0 Å². The Balaban J connectivity index is 2.28. The van der Waals surface area contributed by atoms with Crippen LogP contribution in [0.5, 0.6) is 0 Å². The number of nitrogens with zero attached hydrogens (tertiary/aromatic N) is 1. The Morgan fingerprint density at radius 2 is 1.82 bits per heavy atom. The van der Waals surface area contributed by atoms with E-state index in [-0.39, 0.29) is 5.91 Å². The van der Waals surface area contributed by atoms with Gasteiger partial charge in [0.1, 0.15) is 11.6 Å². The van der Waals surface area contributed by atoms with Crippen LogP contribution in [0, 0.1) is 6.92 Å². The van der Waals surface area contributed by atoms with Crippen LogP contribution in [0.25, 0.3) is 0 Å². The van der Waals surface area contributed by atoms with E-state index in [4.69, 9.17) is 5.73 Å². The molecule has 1 aliphatic rings. The van der Waals surface area contributed by atoms with Crippen LogP contribution in [0.15, 0.2) is 24.3 Å². The number of nitrogens with one attached hydrogen (secondary N) is 1. The quantitative estimate of drug-likeness (QED) is 0.866. The first-order valence-electron chi connectivity index (χ1n) is 7.71. The van der Waals surface area contributed by atoms with Gasteiger partial charge >= 0.3 is 0 Å². The number of nitrogens with two attached hydrogens (primary N) is 1. The van der Waals surface area contributed by atoms with Crippen LogP contribution in [-0.4, -0.2) is 36.3 Å². The van der Waals surface area contributed by atoms with Gasteiger partial charge in [-0.25, -0.2) is 0 Å². The lowest BCUT2D eigenvalue weighted by molar-refractivity contribution is -0.134. The van der Waals surface area contributed by atoms with Crippen molar-refractivity contribution in [2.45, 2.75) is 44.2 Å². The van der Waals surface area contributed by atoms with Gasteiger partial charge in [0.05, 0.1) is 0 Å². The highest BCUT2D eigenvalue weighted by Gasteiger charge is 2.42. The molecular formula is C17H25N3O2. The maximum atomic E-state index is 12.8. The predicted molar refractivity (Wildman–Crippen MR) is 86.1 cm³/mol. The number of hydrogen-bond donors (Lipinski definition) is 2. The first-order valence-corrected chi connectivity index (χ1v) is 7.71. The number of amides is 2. The second-order valence-corrected chi connectivity index (χ2v) is 6.37. The molecule has 0 spiro atoms. The van der Waals surface area contributed by atoms with Crippen LogP contribution in [0.4, 0.5) is 0 Å². The van der Waals surface area contributed by atoms with Gasteiger partial charge in [-0.2, -0.15) is 0 Å². The Kier molecular flexibility index (Phi) is 4.86. The molecule has 5 nitrogen and oxygen atoms in total. The molecule has 0 heterocycles. The molecule has 1 aliphatic carbocycles. The van der Waals surface area contributed by atoms with Crippen molar-refractivity contribution in [1.82, 2.24) is 10.2 Å². The van der Waals surface area contributed by atoms with Gasteiger partial charge in [-0.3, -0.25) is 14.5 Å². The molecule has 0 saturated heterocycles. The number of primary amides is 1. The summed E-state index contributed by atoms with van der Waals surface area (Å²) in [6.07, 6.45) is 3.09. The predicted octanol–water partition coefficient (Wildman–Crippen LogP) is 1.51. The first-order chi connectivity index (χ1) is 10.4. The van der Waals surface area contributed by atoms with Crippen molar-refractivity contribution in [2.75, 3.05) is 14.1 Å². The highest BCUT2D eigenvalue weighted by atomic mass is 16.2. The van der Waals surface area contributed by atoms with Crippen LogP contribution in [0.1, 0.15) is 42.9 Å². The number of carbonyl (C=O) groups is 2. The fourth-order valence-electron chi connectivity index (χ4n) is 3.26. The highest BCUT2D eigenvalue weighted by molar-refractivity contribution is 5.93. The van der Waals surface area contributed by atoms with Crippen molar-refractivity contribution in [3.05, 3.63) is 35.4 Å². The molecule has 2 rings (SSSR count). The molecule has 2 amide bonds.